The van der Waals surface area contributed by atoms with Crippen molar-refractivity contribution in [3.63, 3.8) is 0 Å². The van der Waals surface area contributed by atoms with Gasteiger partial charge < -0.3 is 29.0 Å². The van der Waals surface area contributed by atoms with Gasteiger partial charge in [-0.15, -0.1) is 0 Å². The molecule has 1 aliphatic heterocycles. The van der Waals surface area contributed by atoms with Crippen molar-refractivity contribution >= 4 is 22.8 Å². The summed E-state index contributed by atoms with van der Waals surface area (Å²) in [4.78, 5) is 24.1. The molecule has 4 rings (SSSR count). The van der Waals surface area contributed by atoms with Crippen LogP contribution in [0.2, 0.25) is 0 Å². The molecule has 222 valence electrons. The Balaban J connectivity index is 1.82. The van der Waals surface area contributed by atoms with Crippen molar-refractivity contribution in [1.82, 2.24) is 19.4 Å². The van der Waals surface area contributed by atoms with Crippen LogP contribution in [0, 0.1) is 0 Å². The highest BCUT2D eigenvalue weighted by Gasteiger charge is 2.29. The summed E-state index contributed by atoms with van der Waals surface area (Å²) in [5, 5.41) is 11.4. The predicted octanol–water partition coefficient (Wildman–Crippen LogP) is 5.97. The lowest BCUT2D eigenvalue weighted by atomic mass is 10.0. The van der Waals surface area contributed by atoms with Gasteiger partial charge in [0.1, 0.15) is 11.1 Å². The lowest BCUT2D eigenvalue weighted by Gasteiger charge is -2.29. The van der Waals surface area contributed by atoms with Crippen LogP contribution in [0.25, 0.3) is 28.0 Å². The molecule has 0 radical (unpaired) electrons. The van der Waals surface area contributed by atoms with Gasteiger partial charge in [0.15, 0.2) is 17.1 Å². The zero-order valence-corrected chi connectivity index (χ0v) is 25.6. The molecule has 1 amide bonds. The molecule has 1 N–H and O–H groups in total. The molecule has 0 spiro atoms. The molecular formula is C31H42N4O6. The van der Waals surface area contributed by atoms with Gasteiger partial charge in [-0.3, -0.25) is 4.57 Å². The van der Waals surface area contributed by atoms with Crippen LogP contribution in [-0.4, -0.2) is 69.1 Å². The van der Waals surface area contributed by atoms with E-state index < -0.39 is 17.6 Å². The molecule has 1 aliphatic rings. The van der Waals surface area contributed by atoms with Crippen LogP contribution in [-0.2, 0) is 15.9 Å². The normalized spacial score (nSPS) is 15.1. The first-order chi connectivity index (χ1) is 19.3. The quantitative estimate of drug-likeness (QED) is 0.349. The Labute approximate surface area is 241 Å². The van der Waals surface area contributed by atoms with Crippen molar-refractivity contribution in [2.45, 2.75) is 78.9 Å². The van der Waals surface area contributed by atoms with Gasteiger partial charge in [0.05, 0.1) is 37.4 Å². The molecule has 0 saturated carbocycles. The molecule has 10 nitrogen and oxygen atoms in total. The van der Waals surface area contributed by atoms with Crippen LogP contribution in [0.4, 0.5) is 4.79 Å². The molecule has 0 bridgehead atoms. The fraction of sp³-hybridized carbons (Fsp3) is 0.516. The predicted molar refractivity (Wildman–Crippen MR) is 158 cm³/mol. The number of aliphatic hydroxyl groups excluding tert-OH is 1. The fourth-order valence-electron chi connectivity index (χ4n) is 4.89. The molecule has 41 heavy (non-hydrogen) atoms. The van der Waals surface area contributed by atoms with E-state index in [1.807, 2.05) is 72.7 Å². The minimum absolute atomic E-state index is 0.327. The first-order valence-electron chi connectivity index (χ1n) is 13.9. The van der Waals surface area contributed by atoms with Gasteiger partial charge in [-0.2, -0.15) is 0 Å². The summed E-state index contributed by atoms with van der Waals surface area (Å²) in [5.41, 5.74) is 4.25. The summed E-state index contributed by atoms with van der Waals surface area (Å²) >= 11 is 0. The SMILES string of the molecule is CCc1c(-c2ccc(OC)c(OC)c2)n(C(O)OC(C)(C)C)c2ncc(C3=CCN(C(=O)OC(C)(C)C)CC3)nc12. The van der Waals surface area contributed by atoms with Crippen molar-refractivity contribution in [3.8, 4) is 22.8 Å². The highest BCUT2D eigenvalue weighted by atomic mass is 16.6. The third-order valence-electron chi connectivity index (χ3n) is 6.67. The molecule has 1 aromatic carbocycles. The number of carbonyl (C=O) groups is 1. The number of hydrogen-bond acceptors (Lipinski definition) is 8. The van der Waals surface area contributed by atoms with Gasteiger partial charge in [0, 0.05) is 24.2 Å². The van der Waals surface area contributed by atoms with Crippen LogP contribution in [0.15, 0.2) is 30.5 Å². The number of nitrogens with zero attached hydrogens (tertiary/aromatic N) is 4. The van der Waals surface area contributed by atoms with E-state index in [0.29, 0.717) is 48.6 Å². The number of aryl methyl sites for hydroxylation is 1. The van der Waals surface area contributed by atoms with E-state index in [-0.39, 0.29) is 6.09 Å². The maximum absolute atomic E-state index is 12.5. The van der Waals surface area contributed by atoms with E-state index in [1.165, 1.54) is 0 Å². The summed E-state index contributed by atoms with van der Waals surface area (Å²) in [6.45, 7) is 14.2. The molecule has 10 heteroatoms. The van der Waals surface area contributed by atoms with E-state index >= 15 is 0 Å². The molecule has 1 atom stereocenters. The first-order valence-corrected chi connectivity index (χ1v) is 13.9. The smallest absolute Gasteiger partial charge is 0.410 e. The number of aliphatic hydroxyl groups is 1. The largest absolute Gasteiger partial charge is 0.493 e. The molecule has 3 aromatic rings. The highest BCUT2D eigenvalue weighted by molar-refractivity contribution is 5.88. The minimum Gasteiger partial charge on any atom is -0.493 e. The third kappa shape index (κ3) is 6.65. The van der Waals surface area contributed by atoms with Gasteiger partial charge >= 0.3 is 6.09 Å². The molecule has 3 heterocycles. The van der Waals surface area contributed by atoms with Crippen molar-refractivity contribution in [2.75, 3.05) is 27.3 Å². The van der Waals surface area contributed by atoms with Gasteiger partial charge in [-0.25, -0.2) is 14.8 Å². The molecular weight excluding hydrogens is 524 g/mol. The maximum atomic E-state index is 12.5. The van der Waals surface area contributed by atoms with Gasteiger partial charge in [0.2, 0.25) is 6.41 Å². The average molecular weight is 567 g/mol. The van der Waals surface area contributed by atoms with E-state index in [0.717, 1.165) is 28.1 Å². The third-order valence-corrected chi connectivity index (χ3v) is 6.67. The van der Waals surface area contributed by atoms with E-state index in [2.05, 4.69) is 0 Å². The second kappa shape index (κ2) is 11.7. The zero-order chi connectivity index (χ0) is 30.1. The van der Waals surface area contributed by atoms with E-state index in [1.54, 1.807) is 29.9 Å². The second-order valence-electron chi connectivity index (χ2n) is 12.0. The van der Waals surface area contributed by atoms with Gasteiger partial charge in [-0.05, 0) is 78.2 Å². The average Bonchev–Trinajstić information content (AvgIpc) is 3.24. The number of amides is 1. The molecule has 0 fully saturated rings. The monoisotopic (exact) mass is 566 g/mol. The summed E-state index contributed by atoms with van der Waals surface area (Å²) in [6, 6.07) is 5.63. The van der Waals surface area contributed by atoms with Crippen molar-refractivity contribution in [1.29, 1.82) is 0 Å². The fourth-order valence-corrected chi connectivity index (χ4v) is 4.89. The second-order valence-corrected chi connectivity index (χ2v) is 12.0. The summed E-state index contributed by atoms with van der Waals surface area (Å²) in [7, 11) is 3.18. The Morgan fingerprint density at radius 1 is 1.07 bits per heavy atom. The van der Waals surface area contributed by atoms with Crippen molar-refractivity contribution in [3.05, 3.63) is 41.7 Å². The number of rotatable bonds is 7. The lowest BCUT2D eigenvalue weighted by Crippen LogP contribution is -2.39. The van der Waals surface area contributed by atoms with E-state index in [9.17, 15) is 9.90 Å². The summed E-state index contributed by atoms with van der Waals surface area (Å²) in [6.07, 6.45) is 3.34. The van der Waals surface area contributed by atoms with Crippen LogP contribution < -0.4 is 9.47 Å². The summed E-state index contributed by atoms with van der Waals surface area (Å²) in [5.74, 6) is 1.17. The minimum atomic E-state index is -1.31. The van der Waals surface area contributed by atoms with Crippen molar-refractivity contribution in [2.24, 2.45) is 0 Å². The lowest BCUT2D eigenvalue weighted by molar-refractivity contribution is -0.207. The van der Waals surface area contributed by atoms with E-state index in [4.69, 9.17) is 28.9 Å². The Morgan fingerprint density at radius 3 is 2.34 bits per heavy atom. The van der Waals surface area contributed by atoms with Gasteiger partial charge in [0.25, 0.3) is 0 Å². The molecule has 0 aliphatic carbocycles. The van der Waals surface area contributed by atoms with Crippen LogP contribution in [0.5, 0.6) is 11.5 Å². The van der Waals surface area contributed by atoms with Gasteiger partial charge in [-0.1, -0.05) is 13.0 Å². The Morgan fingerprint density at radius 2 is 1.78 bits per heavy atom. The summed E-state index contributed by atoms with van der Waals surface area (Å²) < 4.78 is 24.2. The Hall–Kier alpha value is -3.63. The maximum Gasteiger partial charge on any atom is 0.410 e. The number of carbonyl (C=O) groups excluding carboxylic acids is 1. The topological polar surface area (TPSA) is 108 Å². The Bertz CT molecular complexity index is 1450. The number of benzene rings is 1. The number of ether oxygens (including phenoxy) is 4. The van der Waals surface area contributed by atoms with Crippen LogP contribution >= 0.6 is 0 Å². The van der Waals surface area contributed by atoms with Crippen LogP contribution in [0.1, 0.15) is 72.6 Å². The Kier molecular flexibility index (Phi) is 8.65. The number of hydrogen-bond donors (Lipinski definition) is 1. The molecule has 2 aromatic heterocycles. The first kappa shape index (κ1) is 30.3. The highest BCUT2D eigenvalue weighted by Crippen LogP contribution is 2.40. The van der Waals surface area contributed by atoms with Crippen molar-refractivity contribution < 1.29 is 28.8 Å². The van der Waals surface area contributed by atoms with Crippen LogP contribution in [0.3, 0.4) is 0 Å². The number of methoxy groups -OCH3 is 2. The number of fused-ring (bicyclic) bond motifs is 1. The molecule has 1 unspecified atom stereocenters. The molecule has 0 saturated heterocycles. The standard InChI is InChI=1S/C31H42N4O6/c1-10-21-25-27(32-18-22(33-25)19-13-15-34(16-14-19)28(36)40-30(2,3)4)35(29(37)41-31(5,6)7)26(21)20-11-12-23(38-8)24(17-20)39-9/h11-13,17-18,29,37H,10,14-16H2,1-9H3. The number of aromatic nitrogens is 3. The zero-order valence-electron chi connectivity index (χ0n) is 25.6.